The Morgan fingerprint density at radius 1 is 1.39 bits per heavy atom. The predicted octanol–water partition coefficient (Wildman–Crippen LogP) is 2.24. The zero-order valence-corrected chi connectivity index (χ0v) is 12.9. The summed E-state index contributed by atoms with van der Waals surface area (Å²) in [6.07, 6.45) is 1.13. The van der Waals surface area contributed by atoms with Crippen molar-refractivity contribution in [3.63, 3.8) is 0 Å². The van der Waals surface area contributed by atoms with Gasteiger partial charge in [-0.3, -0.25) is 4.79 Å². The van der Waals surface area contributed by atoms with Crippen molar-refractivity contribution < 1.29 is 13.2 Å². The Labute approximate surface area is 116 Å². The Kier molecular flexibility index (Phi) is 4.92. The zero-order valence-electron chi connectivity index (χ0n) is 10.5. The van der Waals surface area contributed by atoms with E-state index in [9.17, 15) is 13.2 Å². The Bertz CT molecular complexity index is 552. The summed E-state index contributed by atoms with van der Waals surface area (Å²) in [6, 6.07) is 4.46. The van der Waals surface area contributed by atoms with Crippen LogP contribution in [0.2, 0.25) is 0 Å². The Morgan fingerprint density at radius 3 is 2.44 bits per heavy atom. The van der Waals surface area contributed by atoms with Crippen LogP contribution in [0.1, 0.15) is 24.2 Å². The molecule has 6 heteroatoms. The highest BCUT2D eigenvalue weighted by Gasteiger charge is 2.14. The molecule has 0 aromatic heterocycles. The molecule has 0 aliphatic rings. The van der Waals surface area contributed by atoms with Gasteiger partial charge in [0.25, 0.3) is 5.91 Å². The van der Waals surface area contributed by atoms with Gasteiger partial charge in [-0.1, -0.05) is 13.8 Å². The van der Waals surface area contributed by atoms with Gasteiger partial charge in [-0.25, -0.2) is 8.42 Å². The van der Waals surface area contributed by atoms with E-state index in [2.05, 4.69) is 21.2 Å². The number of hydrogen-bond acceptors (Lipinski definition) is 3. The highest BCUT2D eigenvalue weighted by molar-refractivity contribution is 9.10. The summed E-state index contributed by atoms with van der Waals surface area (Å²) in [4.78, 5) is 12.0. The van der Waals surface area contributed by atoms with Crippen molar-refractivity contribution in [3.8, 4) is 0 Å². The molecular weight excluding hydrogens is 318 g/mol. The van der Waals surface area contributed by atoms with Crippen LogP contribution in [0.15, 0.2) is 27.6 Å². The third-order valence-corrected chi connectivity index (χ3v) is 4.34. The second-order valence-corrected chi connectivity index (χ2v) is 7.36. The van der Waals surface area contributed by atoms with Gasteiger partial charge in [0.05, 0.1) is 4.90 Å². The summed E-state index contributed by atoms with van der Waals surface area (Å²) < 4.78 is 23.2. The van der Waals surface area contributed by atoms with Gasteiger partial charge in [-0.15, -0.1) is 0 Å². The van der Waals surface area contributed by atoms with E-state index in [0.29, 0.717) is 22.5 Å². The first-order chi connectivity index (χ1) is 8.21. The maximum absolute atomic E-state index is 11.8. The summed E-state index contributed by atoms with van der Waals surface area (Å²) in [5.74, 6) is 0.164. The number of rotatable bonds is 4. The molecule has 0 atom stereocenters. The van der Waals surface area contributed by atoms with Gasteiger partial charge in [-0.05, 0) is 40.0 Å². The highest BCUT2D eigenvalue weighted by Crippen LogP contribution is 2.23. The summed E-state index contributed by atoms with van der Waals surface area (Å²) in [5.41, 5.74) is 0.440. The number of carbonyl (C=O) groups excluding carboxylic acids is 1. The predicted molar refractivity (Wildman–Crippen MR) is 74.4 cm³/mol. The van der Waals surface area contributed by atoms with Crippen LogP contribution >= 0.6 is 15.9 Å². The second-order valence-electron chi connectivity index (χ2n) is 4.52. The first kappa shape index (κ1) is 15.2. The smallest absolute Gasteiger partial charge is 0.251 e. The van der Waals surface area contributed by atoms with E-state index in [4.69, 9.17) is 0 Å². The lowest BCUT2D eigenvalue weighted by atomic mass is 10.2. The van der Waals surface area contributed by atoms with Gasteiger partial charge in [0.2, 0.25) is 0 Å². The fourth-order valence-corrected chi connectivity index (χ4v) is 3.33. The van der Waals surface area contributed by atoms with Gasteiger partial charge in [-0.2, -0.15) is 0 Å². The standard InChI is InChI=1S/C12H16BrNO3S/c1-8(2)7-14-12(15)9-4-5-11(10(13)6-9)18(3,16)17/h4-6,8H,7H2,1-3H3,(H,14,15). The first-order valence-corrected chi connectivity index (χ1v) is 8.18. The van der Waals surface area contributed by atoms with Crippen LogP contribution in [0.4, 0.5) is 0 Å². The quantitative estimate of drug-likeness (QED) is 0.918. The zero-order chi connectivity index (χ0) is 13.9. The third kappa shape index (κ3) is 4.10. The van der Waals surface area contributed by atoms with Crippen LogP contribution in [-0.2, 0) is 9.84 Å². The Balaban J connectivity index is 2.95. The van der Waals surface area contributed by atoms with E-state index in [0.717, 1.165) is 6.26 Å². The molecular formula is C12H16BrNO3S. The maximum atomic E-state index is 11.8. The third-order valence-electron chi connectivity index (χ3n) is 2.26. The molecule has 1 amide bonds. The van der Waals surface area contributed by atoms with Gasteiger partial charge in [0.1, 0.15) is 0 Å². The fraction of sp³-hybridized carbons (Fsp3) is 0.417. The number of halogens is 1. The van der Waals surface area contributed by atoms with E-state index < -0.39 is 9.84 Å². The molecule has 0 saturated carbocycles. The van der Waals surface area contributed by atoms with Crippen molar-refractivity contribution in [2.75, 3.05) is 12.8 Å². The number of benzene rings is 1. The van der Waals surface area contributed by atoms with E-state index in [1.807, 2.05) is 13.8 Å². The Hall–Kier alpha value is -0.880. The molecule has 0 aliphatic heterocycles. The lowest BCUT2D eigenvalue weighted by molar-refractivity contribution is 0.0949. The van der Waals surface area contributed by atoms with E-state index in [-0.39, 0.29) is 10.8 Å². The van der Waals surface area contributed by atoms with Crippen LogP contribution < -0.4 is 5.32 Å². The lowest BCUT2D eigenvalue weighted by Crippen LogP contribution is -2.27. The lowest BCUT2D eigenvalue weighted by Gasteiger charge is -2.09. The number of amides is 1. The van der Waals surface area contributed by atoms with Crippen LogP contribution in [0.25, 0.3) is 0 Å². The summed E-state index contributed by atoms with van der Waals surface area (Å²) in [5, 5.41) is 2.77. The van der Waals surface area contributed by atoms with Crippen LogP contribution in [0.3, 0.4) is 0 Å². The normalized spacial score (nSPS) is 11.6. The van der Waals surface area contributed by atoms with Crippen molar-refractivity contribution in [1.82, 2.24) is 5.32 Å². The molecule has 0 unspecified atom stereocenters. The largest absolute Gasteiger partial charge is 0.352 e. The minimum Gasteiger partial charge on any atom is -0.352 e. The molecule has 0 heterocycles. The van der Waals surface area contributed by atoms with Gasteiger partial charge in [0.15, 0.2) is 9.84 Å². The van der Waals surface area contributed by atoms with E-state index >= 15 is 0 Å². The van der Waals surface area contributed by atoms with E-state index in [1.165, 1.54) is 18.2 Å². The minimum atomic E-state index is -3.28. The number of nitrogens with one attached hydrogen (secondary N) is 1. The monoisotopic (exact) mass is 333 g/mol. The highest BCUT2D eigenvalue weighted by atomic mass is 79.9. The molecule has 1 aromatic rings. The average Bonchev–Trinajstić information content (AvgIpc) is 2.23. The molecule has 0 aliphatic carbocycles. The molecule has 0 bridgehead atoms. The van der Waals surface area contributed by atoms with Crippen molar-refractivity contribution in [1.29, 1.82) is 0 Å². The van der Waals surface area contributed by atoms with Gasteiger partial charge < -0.3 is 5.32 Å². The fourth-order valence-electron chi connectivity index (χ4n) is 1.34. The molecule has 1 N–H and O–H groups in total. The van der Waals surface area contributed by atoms with Crippen LogP contribution in [0, 0.1) is 5.92 Å². The van der Waals surface area contributed by atoms with Crippen molar-refractivity contribution in [2.45, 2.75) is 18.7 Å². The summed E-state index contributed by atoms with van der Waals surface area (Å²) in [6.45, 7) is 4.59. The minimum absolute atomic E-state index is 0.183. The van der Waals surface area contributed by atoms with Gasteiger partial charge >= 0.3 is 0 Å². The molecule has 4 nitrogen and oxygen atoms in total. The summed E-state index contributed by atoms with van der Waals surface area (Å²) >= 11 is 3.17. The van der Waals surface area contributed by atoms with Crippen molar-refractivity contribution >= 4 is 31.7 Å². The number of carbonyl (C=O) groups is 1. The SMILES string of the molecule is CC(C)CNC(=O)c1ccc(S(C)(=O)=O)c(Br)c1. The molecule has 0 radical (unpaired) electrons. The first-order valence-electron chi connectivity index (χ1n) is 5.49. The van der Waals surface area contributed by atoms with Crippen molar-refractivity contribution in [2.24, 2.45) is 5.92 Å². The van der Waals surface area contributed by atoms with Gasteiger partial charge in [0, 0.05) is 22.8 Å². The molecule has 0 fully saturated rings. The topological polar surface area (TPSA) is 63.2 Å². The Morgan fingerprint density at radius 2 is 2.00 bits per heavy atom. The number of hydrogen-bond donors (Lipinski definition) is 1. The molecule has 1 rings (SSSR count). The molecule has 0 spiro atoms. The number of sulfone groups is 1. The molecule has 100 valence electrons. The molecule has 0 saturated heterocycles. The summed E-state index contributed by atoms with van der Waals surface area (Å²) in [7, 11) is -3.28. The molecule has 1 aromatic carbocycles. The maximum Gasteiger partial charge on any atom is 0.251 e. The second kappa shape index (κ2) is 5.84. The molecule has 18 heavy (non-hydrogen) atoms. The van der Waals surface area contributed by atoms with Crippen LogP contribution in [-0.4, -0.2) is 27.1 Å². The van der Waals surface area contributed by atoms with Crippen LogP contribution in [0.5, 0.6) is 0 Å². The van der Waals surface area contributed by atoms with Crippen molar-refractivity contribution in [3.05, 3.63) is 28.2 Å². The average molecular weight is 334 g/mol. The van der Waals surface area contributed by atoms with E-state index in [1.54, 1.807) is 0 Å².